The maximum Gasteiger partial charge on any atom is 0.136 e. The number of rotatable bonds is 6. The summed E-state index contributed by atoms with van der Waals surface area (Å²) in [6, 6.07) is 0. The van der Waals surface area contributed by atoms with Gasteiger partial charge in [0, 0.05) is 18.2 Å². The molecule has 4 heteroatoms. The molecule has 0 aromatic rings. The Morgan fingerprint density at radius 1 is 1.38 bits per heavy atom. The van der Waals surface area contributed by atoms with E-state index in [0.717, 1.165) is 32.1 Å². The zero-order valence-corrected chi connectivity index (χ0v) is 10.1. The van der Waals surface area contributed by atoms with Crippen LogP contribution in [0.15, 0.2) is 28.1 Å². The molecular formula is C12H18ClNO2. The molecule has 0 amide bonds. The fourth-order valence-corrected chi connectivity index (χ4v) is 1.76. The second-order valence-corrected chi connectivity index (χ2v) is 3.99. The second-order valence-electron chi connectivity index (χ2n) is 3.74. The van der Waals surface area contributed by atoms with Gasteiger partial charge >= 0.3 is 0 Å². The molecule has 0 bridgehead atoms. The molecule has 0 unspecified atom stereocenters. The molecule has 3 nitrogen and oxygen atoms in total. The molecule has 90 valence electrons. The van der Waals surface area contributed by atoms with Crippen LogP contribution in [0, 0.1) is 0 Å². The van der Waals surface area contributed by atoms with Gasteiger partial charge in [0.05, 0.1) is 5.76 Å². The molecule has 0 aromatic heterocycles. The average Bonchev–Trinajstić information content (AvgIpc) is 2.30. The number of aliphatic hydroxyl groups is 1. The summed E-state index contributed by atoms with van der Waals surface area (Å²) in [5.74, 6) is 0.589. The van der Waals surface area contributed by atoms with Gasteiger partial charge in [0.2, 0.25) is 0 Å². The Balaban J connectivity index is 2.14. The van der Waals surface area contributed by atoms with Gasteiger partial charge < -0.3 is 9.94 Å². The van der Waals surface area contributed by atoms with Crippen LogP contribution in [0.3, 0.4) is 0 Å². The van der Waals surface area contributed by atoms with Gasteiger partial charge in [-0.25, -0.2) is 0 Å². The lowest BCUT2D eigenvalue weighted by Gasteiger charge is -2.14. The smallest absolute Gasteiger partial charge is 0.136 e. The quantitative estimate of drug-likeness (QED) is 0.437. The van der Waals surface area contributed by atoms with E-state index in [2.05, 4.69) is 5.16 Å². The molecule has 0 atom stereocenters. The van der Waals surface area contributed by atoms with Crippen LogP contribution >= 0.6 is 11.6 Å². The van der Waals surface area contributed by atoms with E-state index >= 15 is 0 Å². The maximum absolute atomic E-state index is 9.62. The van der Waals surface area contributed by atoms with Crippen molar-refractivity contribution >= 4 is 17.8 Å². The van der Waals surface area contributed by atoms with E-state index < -0.39 is 0 Å². The Bertz CT molecular complexity index is 285. The van der Waals surface area contributed by atoms with Crippen molar-refractivity contribution in [1.29, 1.82) is 0 Å². The Kier molecular flexibility index (Phi) is 6.74. The van der Waals surface area contributed by atoms with Crippen LogP contribution in [0.5, 0.6) is 0 Å². The highest BCUT2D eigenvalue weighted by molar-refractivity contribution is 6.25. The molecule has 1 aliphatic rings. The average molecular weight is 244 g/mol. The first-order valence-electron chi connectivity index (χ1n) is 5.63. The lowest BCUT2D eigenvalue weighted by molar-refractivity contribution is 0.175. The molecule has 0 saturated heterocycles. The molecule has 0 aliphatic heterocycles. The first kappa shape index (κ1) is 13.1. The van der Waals surface area contributed by atoms with Crippen molar-refractivity contribution in [2.24, 2.45) is 5.16 Å². The van der Waals surface area contributed by atoms with Crippen molar-refractivity contribution < 1.29 is 9.94 Å². The third kappa shape index (κ3) is 5.21. The normalized spacial score (nSPS) is 17.6. The molecule has 1 rings (SSSR count). The van der Waals surface area contributed by atoms with Gasteiger partial charge in [-0.1, -0.05) is 16.8 Å². The monoisotopic (exact) mass is 243 g/mol. The third-order valence-corrected chi connectivity index (χ3v) is 2.71. The highest BCUT2D eigenvalue weighted by atomic mass is 35.5. The summed E-state index contributed by atoms with van der Waals surface area (Å²) in [6.45, 7) is 0.397. The van der Waals surface area contributed by atoms with E-state index in [1.165, 1.54) is 17.5 Å². The fourth-order valence-electron chi connectivity index (χ4n) is 1.69. The maximum atomic E-state index is 9.62. The fraction of sp³-hybridized carbons (Fsp3) is 0.583. The summed E-state index contributed by atoms with van der Waals surface area (Å²) < 4.78 is 0. The molecule has 1 aliphatic carbocycles. The molecule has 0 fully saturated rings. The van der Waals surface area contributed by atoms with Gasteiger partial charge in [-0.3, -0.25) is 0 Å². The molecule has 0 spiro atoms. The Labute approximate surface area is 101 Å². The lowest BCUT2D eigenvalue weighted by Crippen LogP contribution is -1.99. The number of aliphatic hydroxyl groups excluding tert-OH is 1. The highest BCUT2D eigenvalue weighted by Gasteiger charge is 2.10. The molecule has 0 radical (unpaired) electrons. The van der Waals surface area contributed by atoms with Crippen molar-refractivity contribution in [2.45, 2.75) is 38.5 Å². The van der Waals surface area contributed by atoms with E-state index in [1.54, 1.807) is 12.3 Å². The molecule has 0 aromatic carbocycles. The Morgan fingerprint density at radius 3 is 2.94 bits per heavy atom. The minimum atomic E-state index is 0.397. The molecule has 0 heterocycles. The minimum absolute atomic E-state index is 0.397. The lowest BCUT2D eigenvalue weighted by atomic mass is 9.95. The number of allylic oxidation sites excluding steroid dienone is 2. The molecular weight excluding hydrogens is 226 g/mol. The molecule has 0 saturated carbocycles. The topological polar surface area (TPSA) is 41.8 Å². The summed E-state index contributed by atoms with van der Waals surface area (Å²) in [5.41, 5.74) is 2.58. The SMILES string of the molecule is OC1=C(CC/C=N/OC/C=C/Cl)CCCC1. The number of halogens is 1. The number of hydrogen-bond donors (Lipinski definition) is 1. The van der Waals surface area contributed by atoms with Crippen molar-refractivity contribution in [3.63, 3.8) is 0 Å². The summed E-state index contributed by atoms with van der Waals surface area (Å²) in [6.07, 6.45) is 9.25. The van der Waals surface area contributed by atoms with Crippen LogP contribution in [0.2, 0.25) is 0 Å². The summed E-state index contributed by atoms with van der Waals surface area (Å²) in [5, 5.41) is 13.4. The van der Waals surface area contributed by atoms with Crippen LogP contribution < -0.4 is 0 Å². The van der Waals surface area contributed by atoms with E-state index in [0.29, 0.717) is 12.4 Å². The standard InChI is InChI=1S/C12H18ClNO2/c13-8-4-10-16-14-9-3-6-11-5-1-2-7-12(11)15/h4,8-9,15H,1-3,5-7,10H2/b8-4+,14-9+. The first-order chi connectivity index (χ1) is 7.84. The summed E-state index contributed by atoms with van der Waals surface area (Å²) in [4.78, 5) is 4.91. The van der Waals surface area contributed by atoms with Crippen molar-refractivity contribution in [3.8, 4) is 0 Å². The zero-order valence-electron chi connectivity index (χ0n) is 9.36. The van der Waals surface area contributed by atoms with E-state index in [9.17, 15) is 5.11 Å². The Hall–Kier alpha value is -0.960. The largest absolute Gasteiger partial charge is 0.512 e. The van der Waals surface area contributed by atoms with Gasteiger partial charge in [0.1, 0.15) is 6.61 Å². The zero-order chi connectivity index (χ0) is 11.6. The van der Waals surface area contributed by atoms with E-state index in [4.69, 9.17) is 16.4 Å². The van der Waals surface area contributed by atoms with E-state index in [-0.39, 0.29) is 0 Å². The number of hydrogen-bond acceptors (Lipinski definition) is 3. The summed E-state index contributed by atoms with van der Waals surface area (Å²) >= 11 is 5.31. The third-order valence-electron chi connectivity index (χ3n) is 2.53. The van der Waals surface area contributed by atoms with Crippen LogP contribution in [-0.2, 0) is 4.84 Å². The van der Waals surface area contributed by atoms with Crippen LogP contribution in [0.4, 0.5) is 0 Å². The predicted molar refractivity (Wildman–Crippen MR) is 66.8 cm³/mol. The molecule has 16 heavy (non-hydrogen) atoms. The van der Waals surface area contributed by atoms with Gasteiger partial charge in [-0.2, -0.15) is 0 Å². The van der Waals surface area contributed by atoms with Crippen molar-refractivity contribution in [3.05, 3.63) is 22.9 Å². The summed E-state index contributed by atoms with van der Waals surface area (Å²) in [7, 11) is 0. The predicted octanol–water partition coefficient (Wildman–Crippen LogP) is 3.91. The van der Waals surface area contributed by atoms with Crippen molar-refractivity contribution in [1.82, 2.24) is 0 Å². The minimum Gasteiger partial charge on any atom is -0.512 e. The van der Waals surface area contributed by atoms with Crippen molar-refractivity contribution in [2.75, 3.05) is 6.61 Å². The first-order valence-corrected chi connectivity index (χ1v) is 6.07. The van der Waals surface area contributed by atoms with Crippen LogP contribution in [0.25, 0.3) is 0 Å². The Morgan fingerprint density at radius 2 is 2.19 bits per heavy atom. The van der Waals surface area contributed by atoms with Gasteiger partial charge in [-0.05, 0) is 43.8 Å². The van der Waals surface area contributed by atoms with Crippen LogP contribution in [0.1, 0.15) is 38.5 Å². The number of oxime groups is 1. The molecule has 1 N–H and O–H groups in total. The second kappa shape index (κ2) is 8.22. The van der Waals surface area contributed by atoms with E-state index in [1.807, 2.05) is 0 Å². The van der Waals surface area contributed by atoms with Crippen LogP contribution in [-0.4, -0.2) is 17.9 Å². The highest BCUT2D eigenvalue weighted by Crippen LogP contribution is 2.25. The number of nitrogens with zero attached hydrogens (tertiary/aromatic N) is 1. The van der Waals surface area contributed by atoms with Gasteiger partial charge in [0.15, 0.2) is 0 Å². The van der Waals surface area contributed by atoms with Gasteiger partial charge in [0.25, 0.3) is 0 Å². The van der Waals surface area contributed by atoms with Gasteiger partial charge in [-0.15, -0.1) is 0 Å².